The van der Waals surface area contributed by atoms with E-state index in [9.17, 15) is 9.90 Å². The Bertz CT molecular complexity index is 492. The lowest BCUT2D eigenvalue weighted by atomic mass is 9.81. The minimum Gasteiger partial charge on any atom is -0.393 e. The Balaban J connectivity index is 2.88. The predicted octanol–water partition coefficient (Wildman–Crippen LogP) is 3.49. The average molecular weight is 306 g/mol. The van der Waals surface area contributed by atoms with Crippen molar-refractivity contribution in [2.24, 2.45) is 5.41 Å². The molecule has 0 bridgehead atoms. The summed E-state index contributed by atoms with van der Waals surface area (Å²) in [7, 11) is 1.76. The van der Waals surface area contributed by atoms with E-state index in [-0.39, 0.29) is 17.5 Å². The minimum atomic E-state index is -0.398. The lowest BCUT2D eigenvalue weighted by molar-refractivity contribution is 0.158. The molecule has 2 unspecified atom stereocenters. The van der Waals surface area contributed by atoms with Crippen molar-refractivity contribution in [1.82, 2.24) is 10.2 Å². The molecule has 0 aliphatic carbocycles. The molecule has 124 valence electrons. The Morgan fingerprint density at radius 1 is 1.32 bits per heavy atom. The van der Waals surface area contributed by atoms with Crippen molar-refractivity contribution in [2.45, 2.75) is 53.2 Å². The van der Waals surface area contributed by atoms with Crippen LogP contribution in [0, 0.1) is 12.3 Å². The molecule has 1 aromatic rings. The maximum absolute atomic E-state index is 12.4. The second kappa shape index (κ2) is 7.63. The van der Waals surface area contributed by atoms with Gasteiger partial charge in [0, 0.05) is 13.6 Å². The molecule has 0 spiro atoms. The fourth-order valence-corrected chi connectivity index (χ4v) is 2.39. The number of amides is 2. The SMILES string of the molecule is Cc1ccccc1C(NC(=O)N(C)CCC(C)O)C(C)(C)C. The molecule has 0 heterocycles. The van der Waals surface area contributed by atoms with Crippen molar-refractivity contribution in [3.8, 4) is 0 Å². The zero-order chi connectivity index (χ0) is 16.9. The molecule has 2 atom stereocenters. The summed E-state index contributed by atoms with van der Waals surface area (Å²) in [6.07, 6.45) is 0.180. The van der Waals surface area contributed by atoms with Gasteiger partial charge in [-0.15, -0.1) is 0 Å². The van der Waals surface area contributed by atoms with Gasteiger partial charge in [-0.05, 0) is 36.8 Å². The highest BCUT2D eigenvalue weighted by Gasteiger charge is 2.29. The quantitative estimate of drug-likeness (QED) is 0.875. The van der Waals surface area contributed by atoms with Crippen LogP contribution in [-0.4, -0.2) is 35.7 Å². The van der Waals surface area contributed by atoms with Crippen LogP contribution in [-0.2, 0) is 0 Å². The van der Waals surface area contributed by atoms with Crippen LogP contribution < -0.4 is 5.32 Å². The molecular weight excluding hydrogens is 276 g/mol. The van der Waals surface area contributed by atoms with Crippen molar-refractivity contribution in [3.05, 3.63) is 35.4 Å². The number of rotatable bonds is 5. The fourth-order valence-electron chi connectivity index (χ4n) is 2.39. The zero-order valence-electron chi connectivity index (χ0n) is 14.7. The fraction of sp³-hybridized carbons (Fsp3) is 0.611. The third-order valence-electron chi connectivity index (χ3n) is 3.86. The summed E-state index contributed by atoms with van der Waals surface area (Å²) in [6, 6.07) is 7.98. The second-order valence-corrected chi connectivity index (χ2v) is 7.16. The van der Waals surface area contributed by atoms with Crippen LogP contribution >= 0.6 is 0 Å². The van der Waals surface area contributed by atoms with Gasteiger partial charge in [0.2, 0.25) is 0 Å². The predicted molar refractivity (Wildman–Crippen MR) is 90.8 cm³/mol. The van der Waals surface area contributed by atoms with Crippen molar-refractivity contribution >= 4 is 6.03 Å². The molecular formula is C18H30N2O2. The lowest BCUT2D eigenvalue weighted by Crippen LogP contribution is -2.44. The lowest BCUT2D eigenvalue weighted by Gasteiger charge is -2.34. The van der Waals surface area contributed by atoms with Gasteiger partial charge >= 0.3 is 6.03 Å². The summed E-state index contributed by atoms with van der Waals surface area (Å²) in [5.74, 6) is 0. The summed E-state index contributed by atoms with van der Waals surface area (Å²) in [5.41, 5.74) is 2.23. The van der Waals surface area contributed by atoms with Gasteiger partial charge in [0.1, 0.15) is 0 Å². The molecule has 2 amide bonds. The Labute approximate surface area is 134 Å². The maximum Gasteiger partial charge on any atom is 0.317 e. The van der Waals surface area contributed by atoms with Crippen molar-refractivity contribution < 1.29 is 9.90 Å². The number of carbonyl (C=O) groups excluding carboxylic acids is 1. The smallest absolute Gasteiger partial charge is 0.317 e. The first-order valence-corrected chi connectivity index (χ1v) is 7.88. The van der Waals surface area contributed by atoms with Crippen LogP contribution in [0.1, 0.15) is 51.3 Å². The van der Waals surface area contributed by atoms with Crippen LogP contribution in [0.5, 0.6) is 0 Å². The summed E-state index contributed by atoms with van der Waals surface area (Å²) in [6.45, 7) is 10.7. The van der Waals surface area contributed by atoms with Crippen molar-refractivity contribution in [3.63, 3.8) is 0 Å². The molecule has 0 aliphatic rings. The van der Waals surface area contributed by atoms with E-state index in [0.29, 0.717) is 13.0 Å². The molecule has 0 saturated heterocycles. The number of carbonyl (C=O) groups is 1. The summed E-state index contributed by atoms with van der Waals surface area (Å²) in [4.78, 5) is 14.1. The maximum atomic E-state index is 12.4. The number of aliphatic hydroxyl groups is 1. The highest BCUT2D eigenvalue weighted by Crippen LogP contribution is 2.34. The number of nitrogens with zero attached hydrogens (tertiary/aromatic N) is 1. The molecule has 4 heteroatoms. The van der Waals surface area contributed by atoms with Gasteiger partial charge in [0.25, 0.3) is 0 Å². The summed E-state index contributed by atoms with van der Waals surface area (Å²) < 4.78 is 0. The van der Waals surface area contributed by atoms with E-state index in [4.69, 9.17) is 0 Å². The molecule has 4 nitrogen and oxygen atoms in total. The van der Waals surface area contributed by atoms with Gasteiger partial charge in [-0.25, -0.2) is 4.79 Å². The second-order valence-electron chi connectivity index (χ2n) is 7.16. The molecule has 0 aromatic heterocycles. The van der Waals surface area contributed by atoms with Crippen LogP contribution in [0.15, 0.2) is 24.3 Å². The van der Waals surface area contributed by atoms with Crippen molar-refractivity contribution in [2.75, 3.05) is 13.6 Å². The first kappa shape index (κ1) is 18.5. The molecule has 2 N–H and O–H groups in total. The highest BCUT2D eigenvalue weighted by molar-refractivity contribution is 5.74. The Morgan fingerprint density at radius 2 is 1.91 bits per heavy atom. The van der Waals surface area contributed by atoms with Gasteiger partial charge in [-0.2, -0.15) is 0 Å². The molecule has 1 rings (SSSR count). The van der Waals surface area contributed by atoms with E-state index in [1.807, 2.05) is 12.1 Å². The van der Waals surface area contributed by atoms with Gasteiger partial charge in [-0.1, -0.05) is 45.0 Å². The summed E-state index contributed by atoms with van der Waals surface area (Å²) >= 11 is 0. The number of urea groups is 1. The van der Waals surface area contributed by atoms with Crippen LogP contribution in [0.3, 0.4) is 0 Å². The molecule has 22 heavy (non-hydrogen) atoms. The van der Waals surface area contributed by atoms with Crippen molar-refractivity contribution in [1.29, 1.82) is 0 Å². The van der Waals surface area contributed by atoms with Crippen LogP contribution in [0.25, 0.3) is 0 Å². The topological polar surface area (TPSA) is 52.6 Å². The highest BCUT2D eigenvalue weighted by atomic mass is 16.3. The van der Waals surface area contributed by atoms with Crippen LogP contribution in [0.4, 0.5) is 4.79 Å². The van der Waals surface area contributed by atoms with E-state index in [0.717, 1.165) is 5.56 Å². The van der Waals surface area contributed by atoms with E-state index in [2.05, 4.69) is 45.1 Å². The van der Waals surface area contributed by atoms with Gasteiger partial charge in [0.05, 0.1) is 12.1 Å². The Hall–Kier alpha value is -1.55. The number of aryl methyl sites for hydroxylation is 1. The standard InChI is InChI=1S/C18H30N2O2/c1-13-9-7-8-10-15(13)16(18(3,4)5)19-17(22)20(6)12-11-14(2)21/h7-10,14,16,21H,11-12H2,1-6H3,(H,19,22). The third kappa shape index (κ3) is 5.34. The number of aliphatic hydroxyl groups excluding tert-OH is 1. The van der Waals surface area contributed by atoms with Gasteiger partial charge in [-0.3, -0.25) is 0 Å². The number of benzene rings is 1. The monoisotopic (exact) mass is 306 g/mol. The number of hydrogen-bond donors (Lipinski definition) is 2. The summed E-state index contributed by atoms with van der Waals surface area (Å²) in [5, 5.41) is 12.5. The Kier molecular flexibility index (Phi) is 6.42. The molecule has 0 fully saturated rings. The first-order valence-electron chi connectivity index (χ1n) is 7.88. The molecule has 1 aromatic carbocycles. The van der Waals surface area contributed by atoms with E-state index in [1.165, 1.54) is 5.56 Å². The molecule has 0 saturated carbocycles. The largest absolute Gasteiger partial charge is 0.393 e. The first-order chi connectivity index (χ1) is 10.1. The number of nitrogens with one attached hydrogen (secondary N) is 1. The van der Waals surface area contributed by atoms with Crippen LogP contribution in [0.2, 0.25) is 0 Å². The molecule has 0 radical (unpaired) electrons. The van der Waals surface area contributed by atoms with E-state index < -0.39 is 6.10 Å². The minimum absolute atomic E-state index is 0.0600. The van der Waals surface area contributed by atoms with E-state index >= 15 is 0 Å². The number of hydrogen-bond acceptors (Lipinski definition) is 2. The third-order valence-corrected chi connectivity index (χ3v) is 3.86. The van der Waals surface area contributed by atoms with Gasteiger partial charge in [0.15, 0.2) is 0 Å². The average Bonchev–Trinajstić information content (AvgIpc) is 2.41. The molecule has 0 aliphatic heterocycles. The normalized spacial score (nSPS) is 14.3. The van der Waals surface area contributed by atoms with E-state index in [1.54, 1.807) is 18.9 Å². The van der Waals surface area contributed by atoms with Gasteiger partial charge < -0.3 is 15.3 Å². The zero-order valence-corrected chi connectivity index (χ0v) is 14.7. The Morgan fingerprint density at radius 3 is 2.41 bits per heavy atom.